The molecule has 84 valence electrons. The van der Waals surface area contributed by atoms with Crippen molar-refractivity contribution in [3.05, 3.63) is 18.0 Å². The van der Waals surface area contributed by atoms with Gasteiger partial charge >= 0.3 is 0 Å². The molecule has 1 aromatic rings. The number of rotatable bonds is 4. The fourth-order valence-corrected chi connectivity index (χ4v) is 2.18. The molecule has 1 aliphatic rings. The second kappa shape index (κ2) is 3.63. The van der Waals surface area contributed by atoms with Gasteiger partial charge in [0.1, 0.15) is 0 Å². The van der Waals surface area contributed by atoms with Crippen molar-refractivity contribution in [3.63, 3.8) is 0 Å². The van der Waals surface area contributed by atoms with Gasteiger partial charge in [0.15, 0.2) is 0 Å². The van der Waals surface area contributed by atoms with E-state index in [4.69, 9.17) is 5.73 Å². The molecule has 1 unspecified atom stereocenters. The van der Waals surface area contributed by atoms with Gasteiger partial charge in [0, 0.05) is 24.2 Å². The molecule has 1 saturated carbocycles. The van der Waals surface area contributed by atoms with Crippen molar-refractivity contribution in [2.45, 2.75) is 51.6 Å². The van der Waals surface area contributed by atoms with Crippen LogP contribution in [0.2, 0.25) is 0 Å². The van der Waals surface area contributed by atoms with Crippen LogP contribution in [0.5, 0.6) is 0 Å². The van der Waals surface area contributed by atoms with Crippen LogP contribution in [0, 0.1) is 5.92 Å². The highest BCUT2D eigenvalue weighted by Crippen LogP contribution is 2.49. The van der Waals surface area contributed by atoms with Crippen molar-refractivity contribution in [2.24, 2.45) is 11.7 Å². The van der Waals surface area contributed by atoms with Gasteiger partial charge in [0.2, 0.25) is 0 Å². The molecule has 1 aromatic heterocycles. The second-order valence-corrected chi connectivity index (χ2v) is 5.26. The Morgan fingerprint density at radius 2 is 2.13 bits per heavy atom. The second-order valence-electron chi connectivity index (χ2n) is 5.26. The first-order valence-corrected chi connectivity index (χ1v) is 5.84. The minimum atomic E-state index is 0.197. The normalized spacial score (nSPS) is 20.6. The van der Waals surface area contributed by atoms with Gasteiger partial charge in [-0.3, -0.25) is 4.68 Å². The zero-order valence-corrected chi connectivity index (χ0v) is 9.90. The molecule has 0 saturated heterocycles. The maximum atomic E-state index is 6.03. The molecular formula is C12H21N3. The molecule has 1 fully saturated rings. The SMILES string of the molecule is CC(C)Cn1ccc(C2(C(C)N)CC2)n1. The van der Waals surface area contributed by atoms with Gasteiger partial charge in [-0.25, -0.2) is 0 Å². The monoisotopic (exact) mass is 207 g/mol. The Morgan fingerprint density at radius 1 is 1.47 bits per heavy atom. The van der Waals surface area contributed by atoms with Crippen LogP contribution in [0.4, 0.5) is 0 Å². The Hall–Kier alpha value is -0.830. The van der Waals surface area contributed by atoms with E-state index in [2.05, 4.69) is 38.1 Å². The highest BCUT2D eigenvalue weighted by Gasteiger charge is 2.49. The van der Waals surface area contributed by atoms with Gasteiger partial charge in [-0.05, 0) is 31.7 Å². The maximum absolute atomic E-state index is 6.03. The first kappa shape index (κ1) is 10.7. The Bertz CT molecular complexity index is 334. The number of aromatic nitrogens is 2. The summed E-state index contributed by atoms with van der Waals surface area (Å²) in [4.78, 5) is 0. The van der Waals surface area contributed by atoms with E-state index in [1.54, 1.807) is 0 Å². The molecule has 0 aliphatic heterocycles. The molecule has 0 spiro atoms. The van der Waals surface area contributed by atoms with Gasteiger partial charge < -0.3 is 5.73 Å². The lowest BCUT2D eigenvalue weighted by Crippen LogP contribution is -2.32. The summed E-state index contributed by atoms with van der Waals surface area (Å²) in [6.07, 6.45) is 4.48. The summed E-state index contributed by atoms with van der Waals surface area (Å²) < 4.78 is 2.04. The average Bonchev–Trinajstić information content (AvgIpc) is 2.83. The standard InChI is InChI=1S/C12H21N3/c1-9(2)8-15-7-4-11(14-15)12(5-6-12)10(3)13/h4,7,9-10H,5-6,8,13H2,1-3H3. The quantitative estimate of drug-likeness (QED) is 0.819. The van der Waals surface area contributed by atoms with E-state index < -0.39 is 0 Å². The molecule has 0 amide bonds. The highest BCUT2D eigenvalue weighted by molar-refractivity contribution is 5.26. The zero-order valence-electron chi connectivity index (χ0n) is 9.90. The first-order valence-electron chi connectivity index (χ1n) is 5.84. The molecule has 2 N–H and O–H groups in total. The third-order valence-electron chi connectivity index (χ3n) is 3.36. The summed E-state index contributed by atoms with van der Waals surface area (Å²) in [5.41, 5.74) is 7.42. The molecule has 3 nitrogen and oxygen atoms in total. The highest BCUT2D eigenvalue weighted by atomic mass is 15.3. The van der Waals surface area contributed by atoms with Gasteiger partial charge in [0.25, 0.3) is 0 Å². The Kier molecular flexibility index (Phi) is 2.59. The van der Waals surface area contributed by atoms with Crippen molar-refractivity contribution >= 4 is 0 Å². The van der Waals surface area contributed by atoms with E-state index >= 15 is 0 Å². The minimum Gasteiger partial charge on any atom is -0.327 e. The lowest BCUT2D eigenvalue weighted by Gasteiger charge is -2.16. The van der Waals surface area contributed by atoms with Crippen LogP contribution in [0.3, 0.4) is 0 Å². The first-order chi connectivity index (χ1) is 7.04. The number of hydrogen-bond acceptors (Lipinski definition) is 2. The molecule has 15 heavy (non-hydrogen) atoms. The van der Waals surface area contributed by atoms with Crippen LogP contribution in [-0.4, -0.2) is 15.8 Å². The fraction of sp³-hybridized carbons (Fsp3) is 0.750. The van der Waals surface area contributed by atoms with Crippen molar-refractivity contribution in [2.75, 3.05) is 0 Å². The van der Waals surface area contributed by atoms with E-state index in [9.17, 15) is 0 Å². The summed E-state index contributed by atoms with van der Waals surface area (Å²) in [7, 11) is 0. The van der Waals surface area contributed by atoms with Crippen molar-refractivity contribution in [1.29, 1.82) is 0 Å². The lowest BCUT2D eigenvalue weighted by atomic mass is 9.95. The molecule has 2 rings (SSSR count). The van der Waals surface area contributed by atoms with Crippen LogP contribution >= 0.6 is 0 Å². The van der Waals surface area contributed by atoms with Crippen molar-refractivity contribution in [3.8, 4) is 0 Å². The van der Waals surface area contributed by atoms with Crippen LogP contribution in [-0.2, 0) is 12.0 Å². The summed E-state index contributed by atoms with van der Waals surface area (Å²) >= 11 is 0. The van der Waals surface area contributed by atoms with E-state index in [1.807, 2.05) is 4.68 Å². The lowest BCUT2D eigenvalue weighted by molar-refractivity contribution is 0.465. The largest absolute Gasteiger partial charge is 0.327 e. The van der Waals surface area contributed by atoms with Gasteiger partial charge in [0.05, 0.1) is 5.69 Å². The van der Waals surface area contributed by atoms with Crippen LogP contribution in [0.25, 0.3) is 0 Å². The molecule has 3 heteroatoms. The van der Waals surface area contributed by atoms with Crippen molar-refractivity contribution < 1.29 is 0 Å². The minimum absolute atomic E-state index is 0.197. The van der Waals surface area contributed by atoms with E-state index in [0.717, 1.165) is 6.54 Å². The zero-order chi connectivity index (χ0) is 11.1. The Balaban J connectivity index is 2.14. The van der Waals surface area contributed by atoms with Crippen LogP contribution < -0.4 is 5.73 Å². The Labute approximate surface area is 91.7 Å². The number of nitrogens with zero attached hydrogens (tertiary/aromatic N) is 2. The number of hydrogen-bond donors (Lipinski definition) is 1. The summed E-state index contributed by atoms with van der Waals surface area (Å²) in [6.45, 7) is 7.50. The van der Waals surface area contributed by atoms with E-state index in [0.29, 0.717) is 5.92 Å². The van der Waals surface area contributed by atoms with Crippen LogP contribution in [0.1, 0.15) is 39.3 Å². The predicted molar refractivity (Wildman–Crippen MR) is 61.6 cm³/mol. The van der Waals surface area contributed by atoms with Gasteiger partial charge in [-0.1, -0.05) is 13.8 Å². The molecular weight excluding hydrogens is 186 g/mol. The molecule has 1 heterocycles. The number of nitrogens with two attached hydrogens (primary N) is 1. The topological polar surface area (TPSA) is 43.8 Å². The molecule has 1 aliphatic carbocycles. The van der Waals surface area contributed by atoms with Gasteiger partial charge in [-0.15, -0.1) is 0 Å². The molecule has 0 aromatic carbocycles. The van der Waals surface area contributed by atoms with E-state index in [-0.39, 0.29) is 11.5 Å². The van der Waals surface area contributed by atoms with Gasteiger partial charge in [-0.2, -0.15) is 5.10 Å². The maximum Gasteiger partial charge on any atom is 0.0701 e. The van der Waals surface area contributed by atoms with Crippen molar-refractivity contribution in [1.82, 2.24) is 9.78 Å². The van der Waals surface area contributed by atoms with Crippen LogP contribution in [0.15, 0.2) is 12.3 Å². The summed E-state index contributed by atoms with van der Waals surface area (Å²) in [6, 6.07) is 2.36. The third kappa shape index (κ3) is 1.93. The summed E-state index contributed by atoms with van der Waals surface area (Å²) in [5, 5.41) is 4.64. The average molecular weight is 207 g/mol. The third-order valence-corrected chi connectivity index (χ3v) is 3.36. The summed E-state index contributed by atoms with van der Waals surface area (Å²) in [5.74, 6) is 0.642. The Morgan fingerprint density at radius 3 is 2.60 bits per heavy atom. The van der Waals surface area contributed by atoms with E-state index in [1.165, 1.54) is 18.5 Å². The molecule has 0 radical (unpaired) electrons. The smallest absolute Gasteiger partial charge is 0.0701 e. The molecule has 0 bridgehead atoms. The predicted octanol–water partition coefficient (Wildman–Crippen LogP) is 1.92. The fourth-order valence-electron chi connectivity index (χ4n) is 2.18. The molecule has 1 atom stereocenters.